The summed E-state index contributed by atoms with van der Waals surface area (Å²) in [5.74, 6) is -2.40. The first-order valence-corrected chi connectivity index (χ1v) is 4.67. The van der Waals surface area contributed by atoms with Crippen LogP contribution in [0.25, 0.3) is 0 Å². The average Bonchev–Trinajstić information content (AvgIpc) is 2.01. The molecule has 0 saturated heterocycles. The average molecular weight is 174 g/mol. The molecule has 0 spiro atoms. The van der Waals surface area contributed by atoms with E-state index < -0.39 is 5.97 Å². The molecule has 74 valence electrons. The zero-order valence-electron chi connectivity index (χ0n) is 7.97. The van der Waals surface area contributed by atoms with Crippen LogP contribution in [0.4, 0.5) is 0 Å². The fourth-order valence-corrected chi connectivity index (χ4v) is 0.837. The lowest BCUT2D eigenvalue weighted by Gasteiger charge is -2.48. The first-order valence-electron chi connectivity index (χ1n) is 4.67. The highest BCUT2D eigenvalue weighted by Gasteiger charge is 2.00. The molecule has 0 aliphatic rings. The van der Waals surface area contributed by atoms with E-state index in [0.717, 1.165) is 19.3 Å². The van der Waals surface area contributed by atoms with Crippen molar-refractivity contribution in [3.05, 3.63) is 0 Å². The van der Waals surface area contributed by atoms with E-state index in [1.807, 2.05) is 13.8 Å². The van der Waals surface area contributed by atoms with Crippen LogP contribution in [0, 0.1) is 0 Å². The molecule has 0 aromatic carbocycles. The molecule has 0 amide bonds. The molecule has 0 N–H and O–H groups in total. The van der Waals surface area contributed by atoms with Gasteiger partial charge in [0.2, 0.25) is 0 Å². The molecule has 0 aliphatic carbocycles. The van der Waals surface area contributed by atoms with Crippen LogP contribution in [-0.2, 0) is 4.74 Å². The lowest BCUT2D eigenvalue weighted by Crippen LogP contribution is -2.58. The molecule has 0 bridgehead atoms. The molecule has 0 unspecified atom stereocenters. The maximum absolute atomic E-state index is 11.0. The second-order valence-electron chi connectivity index (χ2n) is 2.99. The summed E-state index contributed by atoms with van der Waals surface area (Å²) in [4.78, 5) is 0. The summed E-state index contributed by atoms with van der Waals surface area (Å²) >= 11 is 0. The topological polar surface area (TPSA) is 55.3 Å². The maximum Gasteiger partial charge on any atom is 0.0436 e. The molecular weight excluding hydrogens is 156 g/mol. The third-order valence-corrected chi connectivity index (χ3v) is 1.66. The molecule has 0 heterocycles. The van der Waals surface area contributed by atoms with Crippen LogP contribution in [0.3, 0.4) is 0 Å². The fourth-order valence-electron chi connectivity index (χ4n) is 0.837. The first kappa shape index (κ1) is 11.9. The molecule has 0 aromatic heterocycles. The van der Waals surface area contributed by atoms with E-state index >= 15 is 0 Å². The van der Waals surface area contributed by atoms with Crippen LogP contribution in [0.5, 0.6) is 0 Å². The van der Waals surface area contributed by atoms with Gasteiger partial charge in [0.25, 0.3) is 0 Å². The zero-order chi connectivity index (χ0) is 9.45. The van der Waals surface area contributed by atoms with Gasteiger partial charge in [0.05, 0.1) is 0 Å². The molecule has 3 heteroatoms. The van der Waals surface area contributed by atoms with Crippen LogP contribution in [0.1, 0.15) is 46.0 Å². The van der Waals surface area contributed by atoms with Crippen molar-refractivity contribution in [2.24, 2.45) is 0 Å². The van der Waals surface area contributed by atoms with Gasteiger partial charge in [0.1, 0.15) is 0 Å². The Balaban J connectivity index is 3.42. The molecule has 3 nitrogen and oxygen atoms in total. The highest BCUT2D eigenvalue weighted by atomic mass is 16.8. The lowest BCUT2D eigenvalue weighted by molar-refractivity contribution is -0.786. The third kappa shape index (κ3) is 6.58. The minimum Gasteiger partial charge on any atom is -0.842 e. The van der Waals surface area contributed by atoms with Crippen molar-refractivity contribution in [1.29, 1.82) is 0 Å². The van der Waals surface area contributed by atoms with Crippen molar-refractivity contribution in [3.63, 3.8) is 0 Å². The monoisotopic (exact) mass is 174 g/mol. The summed E-state index contributed by atoms with van der Waals surface area (Å²) < 4.78 is 4.66. The Bertz CT molecular complexity index is 102. The summed E-state index contributed by atoms with van der Waals surface area (Å²) in [6, 6.07) is 0. The van der Waals surface area contributed by atoms with Gasteiger partial charge in [-0.25, -0.2) is 0 Å². The van der Waals surface area contributed by atoms with E-state index in [0.29, 0.717) is 13.0 Å². The second-order valence-corrected chi connectivity index (χ2v) is 2.99. The second kappa shape index (κ2) is 6.40. The third-order valence-electron chi connectivity index (χ3n) is 1.66. The number of hydrogen-bond acceptors (Lipinski definition) is 3. The summed E-state index contributed by atoms with van der Waals surface area (Å²) in [7, 11) is 0. The van der Waals surface area contributed by atoms with E-state index in [9.17, 15) is 10.2 Å². The molecule has 0 aliphatic heterocycles. The predicted octanol–water partition coefficient (Wildman–Crippen LogP) is 0.368. The van der Waals surface area contributed by atoms with Crippen molar-refractivity contribution in [1.82, 2.24) is 0 Å². The molecule has 0 atom stereocenters. The van der Waals surface area contributed by atoms with Gasteiger partial charge in [0.15, 0.2) is 0 Å². The number of rotatable bonds is 7. The summed E-state index contributed by atoms with van der Waals surface area (Å²) in [6.07, 6.45) is 3.33. The zero-order valence-corrected chi connectivity index (χ0v) is 7.97. The van der Waals surface area contributed by atoms with Crippen molar-refractivity contribution in [2.75, 3.05) is 6.61 Å². The Hall–Kier alpha value is -0.120. The highest BCUT2D eigenvalue weighted by molar-refractivity contribution is 4.47. The van der Waals surface area contributed by atoms with Gasteiger partial charge in [-0.15, -0.1) is 0 Å². The van der Waals surface area contributed by atoms with Crippen molar-refractivity contribution >= 4 is 0 Å². The molecule has 0 aromatic rings. The fraction of sp³-hybridized carbons (Fsp3) is 1.00. The van der Waals surface area contributed by atoms with E-state index in [1.54, 1.807) is 0 Å². The summed E-state index contributed by atoms with van der Waals surface area (Å²) in [5.41, 5.74) is 0. The Kier molecular flexibility index (Phi) is 6.34. The Morgan fingerprint density at radius 1 is 1.08 bits per heavy atom. The van der Waals surface area contributed by atoms with Crippen LogP contribution >= 0.6 is 0 Å². The predicted molar refractivity (Wildman–Crippen MR) is 43.1 cm³/mol. The molecule has 0 radical (unpaired) electrons. The number of ether oxygens (including phenoxy) is 1. The summed E-state index contributed by atoms with van der Waals surface area (Å²) in [6.45, 7) is 4.24. The Labute approximate surface area is 74.4 Å². The van der Waals surface area contributed by atoms with Crippen LogP contribution in [0.2, 0.25) is 0 Å². The molecule has 0 fully saturated rings. The summed E-state index contributed by atoms with van der Waals surface area (Å²) in [5, 5.41) is 21.9. The van der Waals surface area contributed by atoms with Crippen molar-refractivity contribution < 1.29 is 14.9 Å². The SMILES string of the molecule is CCCCOC([O-])([O-])CCCC. The Morgan fingerprint density at radius 3 is 2.17 bits per heavy atom. The van der Waals surface area contributed by atoms with E-state index in [1.165, 1.54) is 0 Å². The van der Waals surface area contributed by atoms with Gasteiger partial charge in [0, 0.05) is 6.61 Å². The molecule has 0 rings (SSSR count). The van der Waals surface area contributed by atoms with Crippen LogP contribution < -0.4 is 10.2 Å². The molecule has 0 saturated carbocycles. The van der Waals surface area contributed by atoms with Gasteiger partial charge >= 0.3 is 0 Å². The minimum atomic E-state index is -2.40. The van der Waals surface area contributed by atoms with Gasteiger partial charge in [-0.1, -0.05) is 45.5 Å². The smallest absolute Gasteiger partial charge is 0.0436 e. The maximum atomic E-state index is 11.0. The highest BCUT2D eigenvalue weighted by Crippen LogP contribution is 2.06. The molecule has 12 heavy (non-hydrogen) atoms. The van der Waals surface area contributed by atoms with E-state index in [4.69, 9.17) is 0 Å². The van der Waals surface area contributed by atoms with E-state index in [-0.39, 0.29) is 6.42 Å². The van der Waals surface area contributed by atoms with E-state index in [2.05, 4.69) is 4.74 Å². The van der Waals surface area contributed by atoms with Crippen LogP contribution in [-0.4, -0.2) is 12.6 Å². The van der Waals surface area contributed by atoms with Crippen LogP contribution in [0.15, 0.2) is 0 Å². The Morgan fingerprint density at radius 2 is 1.67 bits per heavy atom. The normalized spacial score (nSPS) is 12.0. The number of hydrogen-bond donors (Lipinski definition) is 0. The first-order chi connectivity index (χ1) is 5.62. The van der Waals surface area contributed by atoms with Gasteiger partial charge in [-0.3, -0.25) is 0 Å². The largest absolute Gasteiger partial charge is 0.842 e. The van der Waals surface area contributed by atoms with Gasteiger partial charge < -0.3 is 14.9 Å². The van der Waals surface area contributed by atoms with Gasteiger partial charge in [-0.05, 0) is 6.42 Å². The quantitative estimate of drug-likeness (QED) is 0.414. The molecular formula is C9H18O3-2. The van der Waals surface area contributed by atoms with Gasteiger partial charge in [-0.2, -0.15) is 0 Å². The number of unbranched alkanes of at least 4 members (excludes halogenated alkanes) is 2. The van der Waals surface area contributed by atoms with Crippen molar-refractivity contribution in [2.45, 2.75) is 51.9 Å². The van der Waals surface area contributed by atoms with Crippen molar-refractivity contribution in [3.8, 4) is 0 Å². The standard InChI is InChI=1S/C9H18O3/c1-3-5-7-9(10,11)12-8-6-4-2/h3-8H2,1-2H3/q-2. The lowest BCUT2D eigenvalue weighted by atomic mass is 10.2. The minimum absolute atomic E-state index is 0.0766.